The zero-order valence-electron chi connectivity index (χ0n) is 17.6. The number of esters is 1. The van der Waals surface area contributed by atoms with Crippen molar-refractivity contribution < 1.29 is 32.9 Å². The molecule has 1 aliphatic rings. The van der Waals surface area contributed by atoms with Crippen LogP contribution in [0, 0.1) is 12.7 Å². The van der Waals surface area contributed by atoms with Gasteiger partial charge in [0.2, 0.25) is 5.78 Å². The van der Waals surface area contributed by atoms with E-state index in [4.69, 9.17) is 18.9 Å². The van der Waals surface area contributed by atoms with Gasteiger partial charge < -0.3 is 18.9 Å². The Morgan fingerprint density at radius 3 is 2.34 bits per heavy atom. The molecular formula is C25H19FO6. The normalized spacial score (nSPS) is 13.5. The molecule has 0 saturated heterocycles. The van der Waals surface area contributed by atoms with Crippen LogP contribution < -0.4 is 18.9 Å². The molecule has 0 fully saturated rings. The van der Waals surface area contributed by atoms with Gasteiger partial charge in [-0.15, -0.1) is 0 Å². The van der Waals surface area contributed by atoms with Crippen molar-refractivity contribution in [1.82, 2.24) is 0 Å². The number of rotatable bonds is 5. The third-order valence-electron chi connectivity index (χ3n) is 4.89. The number of hydrogen-bond acceptors (Lipinski definition) is 6. The highest BCUT2D eigenvalue weighted by Crippen LogP contribution is 2.38. The monoisotopic (exact) mass is 434 g/mol. The van der Waals surface area contributed by atoms with E-state index >= 15 is 0 Å². The molecular weight excluding hydrogens is 415 g/mol. The standard InChI is InChI=1S/C25H19FO6/c1-14-7-20(31-25(28)16-10-18(29-2)12-19(11-16)30-3)13-21-23(14)24(27)22(32-21)9-15-5-4-6-17(26)8-15/h4-13H,1-3H3/b22-9-. The van der Waals surface area contributed by atoms with Crippen LogP contribution in [0.4, 0.5) is 4.39 Å². The SMILES string of the molecule is COc1cc(OC)cc(C(=O)Oc2cc(C)c3c(c2)O/C(=C\c2cccc(F)c2)C3=O)c1. The first kappa shape index (κ1) is 21.1. The average Bonchev–Trinajstić information content (AvgIpc) is 3.08. The lowest BCUT2D eigenvalue weighted by Crippen LogP contribution is -2.09. The van der Waals surface area contributed by atoms with Crippen LogP contribution >= 0.6 is 0 Å². The molecule has 6 nitrogen and oxygen atoms in total. The topological polar surface area (TPSA) is 71.1 Å². The lowest BCUT2D eigenvalue weighted by molar-refractivity contribution is 0.0733. The largest absolute Gasteiger partial charge is 0.497 e. The molecule has 32 heavy (non-hydrogen) atoms. The summed E-state index contributed by atoms with van der Waals surface area (Å²) in [5.41, 5.74) is 1.69. The van der Waals surface area contributed by atoms with E-state index in [0.717, 1.165) is 0 Å². The number of methoxy groups -OCH3 is 2. The molecule has 0 aliphatic carbocycles. The molecule has 0 N–H and O–H groups in total. The van der Waals surface area contributed by atoms with Crippen molar-refractivity contribution in [3.63, 3.8) is 0 Å². The van der Waals surface area contributed by atoms with Crippen molar-refractivity contribution in [2.24, 2.45) is 0 Å². The lowest BCUT2D eigenvalue weighted by atomic mass is 10.0. The number of ether oxygens (including phenoxy) is 4. The zero-order chi connectivity index (χ0) is 22.8. The van der Waals surface area contributed by atoms with Crippen molar-refractivity contribution in [3.8, 4) is 23.0 Å². The fourth-order valence-corrected chi connectivity index (χ4v) is 3.38. The highest BCUT2D eigenvalue weighted by atomic mass is 19.1. The fourth-order valence-electron chi connectivity index (χ4n) is 3.38. The van der Waals surface area contributed by atoms with E-state index in [0.29, 0.717) is 28.2 Å². The second-order valence-corrected chi connectivity index (χ2v) is 7.10. The van der Waals surface area contributed by atoms with Gasteiger partial charge in [0.1, 0.15) is 28.8 Å². The molecule has 1 aliphatic heterocycles. The number of allylic oxidation sites excluding steroid dienone is 1. The maximum Gasteiger partial charge on any atom is 0.343 e. The van der Waals surface area contributed by atoms with E-state index in [1.54, 1.807) is 31.2 Å². The molecule has 0 saturated carbocycles. The Bertz CT molecular complexity index is 1240. The van der Waals surface area contributed by atoms with E-state index < -0.39 is 11.8 Å². The number of carbonyl (C=O) groups excluding carboxylic acids is 2. The number of aryl methyl sites for hydroxylation is 1. The van der Waals surface area contributed by atoms with Crippen LogP contribution in [0.5, 0.6) is 23.0 Å². The summed E-state index contributed by atoms with van der Waals surface area (Å²) in [5.74, 6) is 0.0802. The summed E-state index contributed by atoms with van der Waals surface area (Å²) in [6.07, 6.45) is 1.47. The smallest absolute Gasteiger partial charge is 0.343 e. The van der Waals surface area contributed by atoms with Crippen molar-refractivity contribution in [1.29, 1.82) is 0 Å². The maximum atomic E-state index is 13.5. The number of hydrogen-bond donors (Lipinski definition) is 0. The molecule has 1 heterocycles. The van der Waals surface area contributed by atoms with Gasteiger partial charge in [-0.2, -0.15) is 0 Å². The quantitative estimate of drug-likeness (QED) is 0.320. The summed E-state index contributed by atoms with van der Waals surface area (Å²) in [5, 5.41) is 0. The van der Waals surface area contributed by atoms with Gasteiger partial charge in [0.25, 0.3) is 0 Å². The molecule has 162 valence electrons. The van der Waals surface area contributed by atoms with E-state index in [9.17, 15) is 14.0 Å². The molecule has 4 rings (SSSR count). The van der Waals surface area contributed by atoms with Gasteiger partial charge in [0.15, 0.2) is 5.76 Å². The second kappa shape index (κ2) is 8.55. The summed E-state index contributed by atoms with van der Waals surface area (Å²) < 4.78 is 35.0. The summed E-state index contributed by atoms with van der Waals surface area (Å²) in [6.45, 7) is 1.72. The number of Topliss-reactive ketones (excluding diaryl/α,β-unsaturated/α-hetero) is 1. The van der Waals surface area contributed by atoms with Gasteiger partial charge in [-0.3, -0.25) is 4.79 Å². The van der Waals surface area contributed by atoms with E-state index in [1.165, 1.54) is 50.6 Å². The Labute approximate surface area is 183 Å². The van der Waals surface area contributed by atoms with E-state index in [-0.39, 0.29) is 28.6 Å². The van der Waals surface area contributed by atoms with Crippen molar-refractivity contribution in [2.75, 3.05) is 14.2 Å². The minimum Gasteiger partial charge on any atom is -0.497 e. The molecule has 0 aromatic heterocycles. The van der Waals surface area contributed by atoms with Crippen LogP contribution in [-0.2, 0) is 0 Å². The summed E-state index contributed by atoms with van der Waals surface area (Å²) >= 11 is 0. The van der Waals surface area contributed by atoms with Crippen LogP contribution in [0.25, 0.3) is 6.08 Å². The minimum absolute atomic E-state index is 0.0645. The first-order valence-electron chi connectivity index (χ1n) is 9.67. The van der Waals surface area contributed by atoms with Gasteiger partial charge in [-0.1, -0.05) is 12.1 Å². The van der Waals surface area contributed by atoms with Crippen molar-refractivity contribution in [3.05, 3.63) is 88.4 Å². The minimum atomic E-state index is -0.624. The highest BCUT2D eigenvalue weighted by Gasteiger charge is 2.30. The predicted octanol–water partition coefficient (Wildman–Crippen LogP) is 4.99. The van der Waals surface area contributed by atoms with Crippen LogP contribution in [0.2, 0.25) is 0 Å². The van der Waals surface area contributed by atoms with Gasteiger partial charge >= 0.3 is 5.97 Å². The van der Waals surface area contributed by atoms with Crippen LogP contribution in [0.1, 0.15) is 31.8 Å². The molecule has 7 heteroatoms. The average molecular weight is 434 g/mol. The first-order valence-corrected chi connectivity index (χ1v) is 9.67. The Morgan fingerprint density at radius 1 is 0.969 bits per heavy atom. The molecule has 3 aromatic rings. The molecule has 0 bridgehead atoms. The van der Waals surface area contributed by atoms with Gasteiger partial charge in [-0.25, -0.2) is 9.18 Å². The Balaban J connectivity index is 1.61. The van der Waals surface area contributed by atoms with Crippen LogP contribution in [-0.4, -0.2) is 26.0 Å². The number of fused-ring (bicyclic) bond motifs is 1. The third-order valence-corrected chi connectivity index (χ3v) is 4.89. The maximum absolute atomic E-state index is 13.5. The first-order chi connectivity index (χ1) is 15.4. The Hall–Kier alpha value is -4.13. The molecule has 0 unspecified atom stereocenters. The van der Waals surface area contributed by atoms with Crippen LogP contribution in [0.3, 0.4) is 0 Å². The zero-order valence-corrected chi connectivity index (χ0v) is 17.6. The molecule has 0 amide bonds. The Morgan fingerprint density at radius 2 is 1.69 bits per heavy atom. The van der Waals surface area contributed by atoms with E-state index in [2.05, 4.69) is 0 Å². The molecule has 0 spiro atoms. The van der Waals surface area contributed by atoms with Gasteiger partial charge in [0.05, 0.1) is 25.3 Å². The number of benzene rings is 3. The molecule has 0 radical (unpaired) electrons. The number of carbonyl (C=O) groups is 2. The van der Waals surface area contributed by atoms with Gasteiger partial charge in [-0.05, 0) is 54.5 Å². The third kappa shape index (κ3) is 4.18. The predicted molar refractivity (Wildman–Crippen MR) is 115 cm³/mol. The summed E-state index contributed by atoms with van der Waals surface area (Å²) in [7, 11) is 2.97. The van der Waals surface area contributed by atoms with Crippen molar-refractivity contribution in [2.45, 2.75) is 6.92 Å². The van der Waals surface area contributed by atoms with Gasteiger partial charge in [0, 0.05) is 12.1 Å². The highest BCUT2D eigenvalue weighted by molar-refractivity contribution is 6.15. The van der Waals surface area contributed by atoms with E-state index in [1.807, 2.05) is 0 Å². The number of halogens is 1. The second-order valence-electron chi connectivity index (χ2n) is 7.10. The summed E-state index contributed by atoms with van der Waals surface area (Å²) in [6, 6.07) is 13.6. The lowest BCUT2D eigenvalue weighted by Gasteiger charge is -2.10. The molecule has 3 aromatic carbocycles. The molecule has 0 atom stereocenters. The number of ketones is 1. The fraction of sp³-hybridized carbons (Fsp3) is 0.120. The van der Waals surface area contributed by atoms with Crippen LogP contribution in [0.15, 0.2) is 60.4 Å². The summed E-state index contributed by atoms with van der Waals surface area (Å²) in [4.78, 5) is 25.5. The Kier molecular flexibility index (Phi) is 5.64. The van der Waals surface area contributed by atoms with Crippen molar-refractivity contribution >= 4 is 17.8 Å².